The van der Waals surface area contributed by atoms with Crippen molar-refractivity contribution in [3.05, 3.63) is 70.8 Å². The van der Waals surface area contributed by atoms with Gasteiger partial charge in [0.25, 0.3) is 5.91 Å². The summed E-state index contributed by atoms with van der Waals surface area (Å²) in [7, 11) is 0. The number of benzene rings is 2. The molecule has 5 nitrogen and oxygen atoms in total. The van der Waals surface area contributed by atoms with E-state index in [1.54, 1.807) is 0 Å². The molecule has 0 radical (unpaired) electrons. The molecule has 0 bridgehead atoms. The first-order valence-corrected chi connectivity index (χ1v) is 8.67. The molecule has 1 aromatic heterocycles. The van der Waals surface area contributed by atoms with Crippen LogP contribution >= 0.6 is 12.2 Å². The fraction of sp³-hybridized carbons (Fsp3) is 0.211. The standard InChI is InChI=1S/C19H20N4OS/c1-2-23-17(21-22-19(23)25)12-13-20-18(24)16-10-8-15(9-11-16)14-6-4-3-5-7-14/h3-11H,2,12-13H2,1H3,(H,20,24)(H,22,25). The van der Waals surface area contributed by atoms with Crippen LogP contribution in [0.25, 0.3) is 11.1 Å². The summed E-state index contributed by atoms with van der Waals surface area (Å²) in [5, 5.41) is 9.91. The lowest BCUT2D eigenvalue weighted by Crippen LogP contribution is -2.26. The molecule has 1 heterocycles. The van der Waals surface area contributed by atoms with E-state index in [0.29, 0.717) is 23.3 Å². The average molecular weight is 352 g/mol. The highest BCUT2D eigenvalue weighted by Crippen LogP contribution is 2.19. The van der Waals surface area contributed by atoms with Gasteiger partial charge < -0.3 is 9.88 Å². The summed E-state index contributed by atoms with van der Waals surface area (Å²) < 4.78 is 2.54. The van der Waals surface area contributed by atoms with Crippen LogP contribution in [0, 0.1) is 4.77 Å². The normalized spacial score (nSPS) is 10.6. The number of hydrogen-bond donors (Lipinski definition) is 2. The number of carbonyl (C=O) groups is 1. The Morgan fingerprint density at radius 1 is 1.12 bits per heavy atom. The second-order valence-corrected chi connectivity index (χ2v) is 6.03. The van der Waals surface area contributed by atoms with Gasteiger partial charge in [0.15, 0.2) is 4.77 Å². The second kappa shape index (κ2) is 7.90. The molecule has 3 aromatic rings. The number of hydrogen-bond acceptors (Lipinski definition) is 3. The molecule has 0 spiro atoms. The number of aromatic amines is 1. The molecule has 0 atom stereocenters. The first-order chi connectivity index (χ1) is 12.2. The van der Waals surface area contributed by atoms with Gasteiger partial charge in [-0.3, -0.25) is 9.89 Å². The largest absolute Gasteiger partial charge is 0.352 e. The zero-order valence-corrected chi connectivity index (χ0v) is 14.8. The topological polar surface area (TPSA) is 62.7 Å². The maximum Gasteiger partial charge on any atom is 0.251 e. The van der Waals surface area contributed by atoms with E-state index < -0.39 is 0 Å². The van der Waals surface area contributed by atoms with Crippen molar-refractivity contribution in [3.8, 4) is 11.1 Å². The van der Waals surface area contributed by atoms with E-state index in [2.05, 4.69) is 27.6 Å². The van der Waals surface area contributed by atoms with E-state index in [1.807, 2.05) is 54.0 Å². The number of H-pyrrole nitrogens is 1. The van der Waals surface area contributed by atoms with Gasteiger partial charge in [0, 0.05) is 25.1 Å². The van der Waals surface area contributed by atoms with Crippen LogP contribution < -0.4 is 5.32 Å². The maximum atomic E-state index is 12.3. The third kappa shape index (κ3) is 4.03. The van der Waals surface area contributed by atoms with Crippen molar-refractivity contribution in [2.45, 2.75) is 19.9 Å². The van der Waals surface area contributed by atoms with Crippen molar-refractivity contribution in [2.75, 3.05) is 6.54 Å². The van der Waals surface area contributed by atoms with E-state index >= 15 is 0 Å². The first kappa shape index (κ1) is 17.1. The zero-order chi connectivity index (χ0) is 17.6. The molecule has 3 rings (SSSR count). The summed E-state index contributed by atoms with van der Waals surface area (Å²) in [6, 6.07) is 17.7. The Hall–Kier alpha value is -2.73. The zero-order valence-electron chi connectivity index (χ0n) is 14.0. The van der Waals surface area contributed by atoms with E-state index in [9.17, 15) is 4.79 Å². The quantitative estimate of drug-likeness (QED) is 0.666. The lowest BCUT2D eigenvalue weighted by Gasteiger charge is -2.07. The molecule has 0 aliphatic rings. The van der Waals surface area contributed by atoms with Gasteiger partial charge in [0.05, 0.1) is 0 Å². The van der Waals surface area contributed by atoms with Crippen LogP contribution in [0.5, 0.6) is 0 Å². The van der Waals surface area contributed by atoms with Gasteiger partial charge in [0.2, 0.25) is 0 Å². The molecule has 0 fully saturated rings. The van der Waals surface area contributed by atoms with E-state index in [0.717, 1.165) is 23.5 Å². The summed E-state index contributed by atoms with van der Waals surface area (Å²) in [6.45, 7) is 3.29. The molecular formula is C19H20N4OS. The highest BCUT2D eigenvalue weighted by atomic mass is 32.1. The van der Waals surface area contributed by atoms with Crippen LogP contribution in [0.15, 0.2) is 54.6 Å². The molecule has 0 aliphatic heterocycles. The van der Waals surface area contributed by atoms with E-state index in [1.165, 1.54) is 0 Å². The Kier molecular flexibility index (Phi) is 5.40. The number of nitrogens with one attached hydrogen (secondary N) is 2. The smallest absolute Gasteiger partial charge is 0.251 e. The van der Waals surface area contributed by atoms with Crippen LogP contribution in [0.2, 0.25) is 0 Å². The van der Waals surface area contributed by atoms with Crippen LogP contribution in [0.1, 0.15) is 23.1 Å². The third-order valence-corrected chi connectivity index (χ3v) is 4.35. The fourth-order valence-corrected chi connectivity index (χ4v) is 2.98. The van der Waals surface area contributed by atoms with Crippen LogP contribution in [0.3, 0.4) is 0 Å². The Morgan fingerprint density at radius 2 is 1.80 bits per heavy atom. The van der Waals surface area contributed by atoms with Crippen LogP contribution in [-0.4, -0.2) is 27.2 Å². The van der Waals surface area contributed by atoms with E-state index in [4.69, 9.17) is 12.2 Å². The van der Waals surface area contributed by atoms with Gasteiger partial charge in [-0.15, -0.1) is 0 Å². The molecule has 0 unspecified atom stereocenters. The molecule has 1 amide bonds. The monoisotopic (exact) mass is 352 g/mol. The predicted molar refractivity (Wildman–Crippen MR) is 101 cm³/mol. The molecule has 0 saturated carbocycles. The number of rotatable bonds is 6. The minimum absolute atomic E-state index is 0.0863. The number of aromatic nitrogens is 3. The summed E-state index contributed by atoms with van der Waals surface area (Å²) in [6.07, 6.45) is 0.634. The van der Waals surface area contributed by atoms with Crippen molar-refractivity contribution >= 4 is 18.1 Å². The average Bonchev–Trinajstić information content (AvgIpc) is 3.02. The van der Waals surface area contributed by atoms with Gasteiger partial charge in [-0.1, -0.05) is 42.5 Å². The molecule has 0 saturated heterocycles. The fourth-order valence-electron chi connectivity index (χ4n) is 2.70. The molecular weight excluding hydrogens is 332 g/mol. The third-order valence-electron chi connectivity index (χ3n) is 4.04. The highest BCUT2D eigenvalue weighted by molar-refractivity contribution is 7.71. The summed E-state index contributed by atoms with van der Waals surface area (Å²) in [4.78, 5) is 12.3. The Bertz CT molecular complexity index is 897. The molecule has 25 heavy (non-hydrogen) atoms. The minimum Gasteiger partial charge on any atom is -0.352 e. The lowest BCUT2D eigenvalue weighted by molar-refractivity contribution is 0.0954. The van der Waals surface area contributed by atoms with Crippen LogP contribution in [0.4, 0.5) is 0 Å². The Morgan fingerprint density at radius 3 is 2.48 bits per heavy atom. The molecule has 2 N–H and O–H groups in total. The number of nitrogens with zero attached hydrogens (tertiary/aromatic N) is 2. The van der Waals surface area contributed by atoms with Gasteiger partial charge in [0.1, 0.15) is 5.82 Å². The minimum atomic E-state index is -0.0863. The van der Waals surface area contributed by atoms with Crippen molar-refractivity contribution in [1.82, 2.24) is 20.1 Å². The van der Waals surface area contributed by atoms with Gasteiger partial charge in [-0.2, -0.15) is 5.10 Å². The Balaban J connectivity index is 1.59. The SMILES string of the molecule is CCn1c(CCNC(=O)c2ccc(-c3ccccc3)cc2)n[nH]c1=S. The molecule has 0 aliphatic carbocycles. The van der Waals surface area contributed by atoms with Crippen molar-refractivity contribution in [1.29, 1.82) is 0 Å². The summed E-state index contributed by atoms with van der Waals surface area (Å²) in [5.74, 6) is 0.768. The first-order valence-electron chi connectivity index (χ1n) is 8.27. The van der Waals surface area contributed by atoms with E-state index in [-0.39, 0.29) is 5.91 Å². The van der Waals surface area contributed by atoms with Gasteiger partial charge in [-0.05, 0) is 42.4 Å². The Labute approximate surface area is 151 Å². The lowest BCUT2D eigenvalue weighted by atomic mass is 10.0. The number of amides is 1. The van der Waals surface area contributed by atoms with Crippen molar-refractivity contribution in [2.24, 2.45) is 0 Å². The van der Waals surface area contributed by atoms with Gasteiger partial charge >= 0.3 is 0 Å². The molecule has 6 heteroatoms. The van der Waals surface area contributed by atoms with Crippen molar-refractivity contribution in [3.63, 3.8) is 0 Å². The summed E-state index contributed by atoms with van der Waals surface area (Å²) >= 11 is 5.16. The number of carbonyl (C=O) groups excluding carboxylic acids is 1. The highest BCUT2D eigenvalue weighted by Gasteiger charge is 2.08. The molecule has 128 valence electrons. The predicted octanol–water partition coefficient (Wildman–Crippen LogP) is 3.60. The second-order valence-electron chi connectivity index (χ2n) is 5.64. The molecule has 2 aromatic carbocycles. The summed E-state index contributed by atoms with van der Waals surface area (Å²) in [5.41, 5.74) is 2.88. The van der Waals surface area contributed by atoms with Crippen molar-refractivity contribution < 1.29 is 4.79 Å². The maximum absolute atomic E-state index is 12.3. The van der Waals surface area contributed by atoms with Crippen LogP contribution in [-0.2, 0) is 13.0 Å². The van der Waals surface area contributed by atoms with Gasteiger partial charge in [-0.25, -0.2) is 0 Å².